The normalized spacial score (nSPS) is 9.85. The second-order valence-corrected chi connectivity index (χ2v) is 4.92. The van der Waals surface area contributed by atoms with Gasteiger partial charge in [0.05, 0.1) is 0 Å². The van der Waals surface area contributed by atoms with Crippen molar-refractivity contribution in [2.24, 2.45) is 0 Å². The zero-order chi connectivity index (χ0) is 15.0. The van der Waals surface area contributed by atoms with Crippen molar-refractivity contribution in [3.63, 3.8) is 0 Å². The van der Waals surface area contributed by atoms with Gasteiger partial charge in [0, 0.05) is 23.9 Å². The lowest BCUT2D eigenvalue weighted by Gasteiger charge is -2.07. The van der Waals surface area contributed by atoms with Gasteiger partial charge in [0.15, 0.2) is 0 Å². The topological polar surface area (TPSA) is 95.5 Å². The fraction of sp³-hybridized carbons (Fsp3) is 0.308. The summed E-state index contributed by atoms with van der Waals surface area (Å²) in [6.45, 7) is 0.287. The molecular weight excluding hydrogens is 328 g/mol. The first-order valence-electron chi connectivity index (χ1n) is 6.02. The number of hydrogen-bond acceptors (Lipinski definition) is 3. The first-order chi connectivity index (χ1) is 9.49. The van der Waals surface area contributed by atoms with E-state index < -0.39 is 17.9 Å². The standard InChI is InChI=1S/C13H15BrN2O4/c14-10-5-2-1-4-9(10)8-15-13(20)16-11(17)6-3-7-12(18)19/h1-2,4-5H,3,6-8H2,(H,18,19)(H2,15,16,17,20). The highest BCUT2D eigenvalue weighted by Gasteiger charge is 2.08. The molecule has 6 nitrogen and oxygen atoms in total. The third-order valence-corrected chi connectivity index (χ3v) is 3.22. The number of carbonyl (C=O) groups excluding carboxylic acids is 2. The van der Waals surface area contributed by atoms with Crippen molar-refractivity contribution in [3.05, 3.63) is 34.3 Å². The number of amides is 3. The maximum absolute atomic E-state index is 11.5. The summed E-state index contributed by atoms with van der Waals surface area (Å²) in [6.07, 6.45) is 0.124. The van der Waals surface area contributed by atoms with Gasteiger partial charge in [0.25, 0.3) is 0 Å². The summed E-state index contributed by atoms with van der Waals surface area (Å²) in [4.78, 5) is 33.1. The fourth-order valence-electron chi connectivity index (χ4n) is 1.45. The molecule has 0 bridgehead atoms. The number of carboxylic acids is 1. The van der Waals surface area contributed by atoms with Gasteiger partial charge in [0.2, 0.25) is 5.91 Å². The van der Waals surface area contributed by atoms with Gasteiger partial charge in [-0.15, -0.1) is 0 Å². The highest BCUT2D eigenvalue weighted by atomic mass is 79.9. The minimum atomic E-state index is -0.962. The molecule has 0 spiro atoms. The quantitative estimate of drug-likeness (QED) is 0.736. The minimum absolute atomic E-state index is 0.00868. The third kappa shape index (κ3) is 6.33. The lowest BCUT2D eigenvalue weighted by atomic mass is 10.2. The molecule has 1 aromatic carbocycles. The number of rotatable bonds is 6. The summed E-state index contributed by atoms with van der Waals surface area (Å²) in [6, 6.07) is 6.81. The Morgan fingerprint density at radius 1 is 1.15 bits per heavy atom. The van der Waals surface area contributed by atoms with E-state index in [1.54, 1.807) is 0 Å². The Bertz CT molecular complexity index is 505. The van der Waals surface area contributed by atoms with Crippen molar-refractivity contribution in [3.8, 4) is 0 Å². The summed E-state index contributed by atoms with van der Waals surface area (Å²) in [5.74, 6) is -1.45. The Balaban J connectivity index is 2.28. The SMILES string of the molecule is O=C(O)CCCC(=O)NC(=O)NCc1ccccc1Br. The van der Waals surface area contributed by atoms with E-state index in [2.05, 4.69) is 26.6 Å². The zero-order valence-corrected chi connectivity index (χ0v) is 12.3. The molecule has 0 radical (unpaired) electrons. The minimum Gasteiger partial charge on any atom is -0.481 e. The molecule has 0 aliphatic carbocycles. The van der Waals surface area contributed by atoms with E-state index in [1.165, 1.54) is 0 Å². The largest absolute Gasteiger partial charge is 0.481 e. The van der Waals surface area contributed by atoms with Crippen LogP contribution in [0.25, 0.3) is 0 Å². The first-order valence-corrected chi connectivity index (χ1v) is 6.81. The number of nitrogens with one attached hydrogen (secondary N) is 2. The number of aliphatic carboxylic acids is 1. The van der Waals surface area contributed by atoms with Gasteiger partial charge in [-0.05, 0) is 18.1 Å². The lowest BCUT2D eigenvalue weighted by Crippen LogP contribution is -2.39. The van der Waals surface area contributed by atoms with Crippen LogP contribution in [0, 0.1) is 0 Å². The number of benzene rings is 1. The molecule has 0 saturated carbocycles. The van der Waals surface area contributed by atoms with Crippen LogP contribution >= 0.6 is 15.9 Å². The summed E-state index contributed by atoms with van der Waals surface area (Å²) < 4.78 is 0.869. The Morgan fingerprint density at radius 2 is 1.85 bits per heavy atom. The summed E-state index contributed by atoms with van der Waals surface area (Å²) in [7, 11) is 0. The Kier molecular flexibility index (Phi) is 6.72. The molecule has 0 heterocycles. The number of carboxylic acid groups (broad SMARTS) is 1. The van der Waals surface area contributed by atoms with E-state index in [1.807, 2.05) is 24.3 Å². The molecule has 1 rings (SSSR count). The van der Waals surface area contributed by atoms with Crippen LogP contribution in [0.3, 0.4) is 0 Å². The highest BCUT2D eigenvalue weighted by Crippen LogP contribution is 2.15. The molecule has 0 saturated heterocycles. The monoisotopic (exact) mass is 342 g/mol. The van der Waals surface area contributed by atoms with Crippen LogP contribution in [0.4, 0.5) is 4.79 Å². The van der Waals surface area contributed by atoms with Gasteiger partial charge in [0.1, 0.15) is 0 Å². The van der Waals surface area contributed by atoms with E-state index in [0.717, 1.165) is 10.0 Å². The van der Waals surface area contributed by atoms with Crippen LogP contribution in [0.15, 0.2) is 28.7 Å². The van der Waals surface area contributed by atoms with Crippen LogP contribution in [-0.4, -0.2) is 23.0 Å². The zero-order valence-electron chi connectivity index (χ0n) is 10.7. The third-order valence-electron chi connectivity index (χ3n) is 2.44. The van der Waals surface area contributed by atoms with E-state index in [0.29, 0.717) is 0 Å². The molecule has 108 valence electrons. The number of imide groups is 1. The molecule has 1 aromatic rings. The summed E-state index contributed by atoms with van der Waals surface area (Å²) in [5.41, 5.74) is 0.890. The van der Waals surface area contributed by atoms with E-state index in [4.69, 9.17) is 5.11 Å². The van der Waals surface area contributed by atoms with Crippen molar-refractivity contribution in [2.45, 2.75) is 25.8 Å². The molecule has 3 amide bonds. The maximum atomic E-state index is 11.5. The number of hydrogen-bond donors (Lipinski definition) is 3. The average Bonchev–Trinajstić information content (AvgIpc) is 2.37. The van der Waals surface area contributed by atoms with Crippen LogP contribution in [0.1, 0.15) is 24.8 Å². The number of urea groups is 1. The maximum Gasteiger partial charge on any atom is 0.321 e. The number of carbonyl (C=O) groups is 3. The predicted octanol–water partition coefficient (Wildman–Crippen LogP) is 2.03. The lowest BCUT2D eigenvalue weighted by molar-refractivity contribution is -0.137. The van der Waals surface area contributed by atoms with Crippen molar-refractivity contribution in [1.82, 2.24) is 10.6 Å². The Morgan fingerprint density at radius 3 is 2.50 bits per heavy atom. The van der Waals surface area contributed by atoms with Crippen LogP contribution < -0.4 is 10.6 Å². The summed E-state index contributed by atoms with van der Waals surface area (Å²) in [5, 5.41) is 13.1. The van der Waals surface area contributed by atoms with Crippen LogP contribution in [-0.2, 0) is 16.1 Å². The van der Waals surface area contributed by atoms with Gasteiger partial charge in [-0.25, -0.2) is 4.79 Å². The van der Waals surface area contributed by atoms with Crippen molar-refractivity contribution in [2.75, 3.05) is 0 Å². The smallest absolute Gasteiger partial charge is 0.321 e. The van der Waals surface area contributed by atoms with Gasteiger partial charge in [-0.3, -0.25) is 14.9 Å². The molecule has 0 aliphatic rings. The second-order valence-electron chi connectivity index (χ2n) is 4.07. The Labute approximate surface area is 124 Å². The van der Waals surface area contributed by atoms with Gasteiger partial charge in [-0.1, -0.05) is 34.1 Å². The van der Waals surface area contributed by atoms with Gasteiger partial charge in [-0.2, -0.15) is 0 Å². The fourth-order valence-corrected chi connectivity index (χ4v) is 1.88. The molecule has 0 atom stereocenters. The van der Waals surface area contributed by atoms with E-state index >= 15 is 0 Å². The van der Waals surface area contributed by atoms with Crippen molar-refractivity contribution in [1.29, 1.82) is 0 Å². The molecule has 0 unspecified atom stereocenters. The van der Waals surface area contributed by atoms with Crippen molar-refractivity contribution < 1.29 is 19.5 Å². The van der Waals surface area contributed by atoms with Crippen LogP contribution in [0.5, 0.6) is 0 Å². The molecule has 0 aliphatic heterocycles. The second kappa shape index (κ2) is 8.31. The summed E-state index contributed by atoms with van der Waals surface area (Å²) >= 11 is 3.35. The Hall–Kier alpha value is -1.89. The van der Waals surface area contributed by atoms with Gasteiger partial charge >= 0.3 is 12.0 Å². The van der Waals surface area contributed by atoms with Gasteiger partial charge < -0.3 is 10.4 Å². The molecular formula is C13H15BrN2O4. The molecule has 0 fully saturated rings. The average molecular weight is 343 g/mol. The molecule has 0 aromatic heterocycles. The number of halogens is 1. The van der Waals surface area contributed by atoms with E-state index in [9.17, 15) is 14.4 Å². The highest BCUT2D eigenvalue weighted by molar-refractivity contribution is 9.10. The first kappa shape index (κ1) is 16.2. The van der Waals surface area contributed by atoms with Crippen molar-refractivity contribution >= 4 is 33.8 Å². The molecule has 7 heteroatoms. The molecule has 3 N–H and O–H groups in total. The van der Waals surface area contributed by atoms with E-state index in [-0.39, 0.29) is 25.8 Å². The molecule has 20 heavy (non-hydrogen) atoms. The van der Waals surface area contributed by atoms with Crippen LogP contribution in [0.2, 0.25) is 0 Å². The predicted molar refractivity (Wildman–Crippen MR) is 76.0 cm³/mol.